The van der Waals surface area contributed by atoms with E-state index in [-0.39, 0.29) is 29.9 Å². The van der Waals surface area contributed by atoms with Crippen molar-refractivity contribution < 1.29 is 17.6 Å². The number of hydrogen-bond acceptors (Lipinski definition) is 5. The summed E-state index contributed by atoms with van der Waals surface area (Å²) in [5.41, 5.74) is 0.732. The van der Waals surface area contributed by atoms with Gasteiger partial charge < -0.3 is 10.2 Å². The summed E-state index contributed by atoms with van der Waals surface area (Å²) in [7, 11) is -3.45. The lowest BCUT2D eigenvalue weighted by Crippen LogP contribution is -2.50. The second-order valence-corrected chi connectivity index (χ2v) is 9.50. The molecule has 162 valence electrons. The highest BCUT2D eigenvalue weighted by Gasteiger charge is 2.27. The molecule has 1 N–H and O–H groups in total. The van der Waals surface area contributed by atoms with Crippen LogP contribution in [0.2, 0.25) is 0 Å². The van der Waals surface area contributed by atoms with Crippen molar-refractivity contribution in [2.45, 2.75) is 13.3 Å². The number of sulfonamides is 1. The molecule has 7 nitrogen and oxygen atoms in total. The number of anilines is 1. The van der Waals surface area contributed by atoms with Crippen LogP contribution in [0.25, 0.3) is 0 Å². The molecule has 1 amide bonds. The quantitative estimate of drug-likeness (QED) is 0.683. The summed E-state index contributed by atoms with van der Waals surface area (Å²) < 4.78 is 40.0. The van der Waals surface area contributed by atoms with Crippen LogP contribution < -0.4 is 10.2 Å². The molecule has 1 aromatic carbocycles. The molecule has 30 heavy (non-hydrogen) atoms. The molecule has 2 aromatic rings. The number of halogens is 1. The smallest absolute Gasteiger partial charge is 0.223 e. The topological polar surface area (TPSA) is 82.6 Å². The summed E-state index contributed by atoms with van der Waals surface area (Å²) in [5.74, 6) is -0.260. The first-order valence-corrected chi connectivity index (χ1v) is 11.6. The average molecular weight is 435 g/mol. The van der Waals surface area contributed by atoms with Gasteiger partial charge >= 0.3 is 0 Å². The molecule has 0 saturated carbocycles. The Labute approximate surface area is 177 Å². The second kappa shape index (κ2) is 9.99. The van der Waals surface area contributed by atoms with Gasteiger partial charge in [-0.25, -0.2) is 17.8 Å². The van der Waals surface area contributed by atoms with Crippen LogP contribution in [0.1, 0.15) is 12.5 Å². The van der Waals surface area contributed by atoms with E-state index in [1.54, 1.807) is 25.3 Å². The van der Waals surface area contributed by atoms with E-state index in [0.29, 0.717) is 32.6 Å². The Bertz CT molecular complexity index is 948. The van der Waals surface area contributed by atoms with Crippen LogP contribution in [0, 0.1) is 11.7 Å². The molecular formula is C21H27FN4O3S. The number of carbonyl (C=O) groups excluding carboxylic acids is 1. The van der Waals surface area contributed by atoms with Gasteiger partial charge in [-0.05, 0) is 36.2 Å². The number of piperazine rings is 1. The van der Waals surface area contributed by atoms with Crippen molar-refractivity contribution in [1.82, 2.24) is 14.6 Å². The summed E-state index contributed by atoms with van der Waals surface area (Å²) in [5, 5.41) is 2.69. The van der Waals surface area contributed by atoms with Gasteiger partial charge in [-0.1, -0.05) is 25.1 Å². The van der Waals surface area contributed by atoms with Gasteiger partial charge in [0, 0.05) is 44.8 Å². The molecule has 3 rings (SSSR count). The van der Waals surface area contributed by atoms with Crippen molar-refractivity contribution in [1.29, 1.82) is 0 Å². The van der Waals surface area contributed by atoms with E-state index in [1.165, 1.54) is 16.4 Å². The van der Waals surface area contributed by atoms with E-state index in [0.717, 1.165) is 11.4 Å². The van der Waals surface area contributed by atoms with Crippen LogP contribution in [-0.4, -0.2) is 62.1 Å². The number of pyridine rings is 1. The van der Waals surface area contributed by atoms with Gasteiger partial charge in [0.2, 0.25) is 15.9 Å². The third-order valence-corrected chi connectivity index (χ3v) is 7.02. The Morgan fingerprint density at radius 2 is 1.93 bits per heavy atom. The first-order valence-electron chi connectivity index (χ1n) is 10.0. The highest BCUT2D eigenvalue weighted by molar-refractivity contribution is 7.89. The van der Waals surface area contributed by atoms with E-state index >= 15 is 0 Å². The van der Waals surface area contributed by atoms with Crippen LogP contribution in [0.5, 0.6) is 0 Å². The Balaban J connectivity index is 1.43. The second-order valence-electron chi connectivity index (χ2n) is 7.42. The number of rotatable bonds is 8. The fourth-order valence-corrected chi connectivity index (χ4v) is 4.79. The van der Waals surface area contributed by atoms with Crippen LogP contribution in [0.4, 0.5) is 10.2 Å². The molecule has 1 unspecified atom stereocenters. The van der Waals surface area contributed by atoms with Gasteiger partial charge in [0.05, 0.1) is 5.75 Å². The zero-order valence-corrected chi connectivity index (χ0v) is 17.8. The monoisotopic (exact) mass is 434 g/mol. The Hall–Kier alpha value is -2.52. The zero-order chi connectivity index (χ0) is 21.6. The maximum Gasteiger partial charge on any atom is 0.223 e. The minimum absolute atomic E-state index is 0.0507. The Kier molecular flexibility index (Phi) is 7.38. The molecule has 0 radical (unpaired) electrons. The Morgan fingerprint density at radius 3 is 2.60 bits per heavy atom. The lowest BCUT2D eigenvalue weighted by atomic mass is 10.0. The van der Waals surface area contributed by atoms with Crippen LogP contribution >= 0.6 is 0 Å². The average Bonchev–Trinajstić information content (AvgIpc) is 2.74. The van der Waals surface area contributed by atoms with E-state index in [2.05, 4.69) is 15.2 Å². The number of amides is 1. The van der Waals surface area contributed by atoms with Crippen molar-refractivity contribution in [3.8, 4) is 0 Å². The van der Waals surface area contributed by atoms with E-state index < -0.39 is 10.0 Å². The first-order chi connectivity index (χ1) is 14.3. The summed E-state index contributed by atoms with van der Waals surface area (Å²) in [6.45, 7) is 3.73. The summed E-state index contributed by atoms with van der Waals surface area (Å²) in [6, 6.07) is 11.8. The number of nitrogens with one attached hydrogen (secondary N) is 1. The maximum absolute atomic E-state index is 13.3. The van der Waals surface area contributed by atoms with Crippen molar-refractivity contribution in [3.63, 3.8) is 0 Å². The van der Waals surface area contributed by atoms with E-state index in [9.17, 15) is 17.6 Å². The fraction of sp³-hybridized carbons (Fsp3) is 0.429. The molecule has 1 aliphatic rings. The van der Waals surface area contributed by atoms with Crippen LogP contribution in [0.3, 0.4) is 0 Å². The fourth-order valence-electron chi connectivity index (χ4n) is 3.45. The zero-order valence-electron chi connectivity index (χ0n) is 17.0. The third kappa shape index (κ3) is 5.99. The third-order valence-electron chi connectivity index (χ3n) is 5.14. The lowest BCUT2D eigenvalue weighted by molar-refractivity contribution is -0.124. The number of benzene rings is 1. The molecular weight excluding hydrogens is 407 g/mol. The van der Waals surface area contributed by atoms with Crippen molar-refractivity contribution in [2.24, 2.45) is 5.92 Å². The Morgan fingerprint density at radius 1 is 1.17 bits per heavy atom. The van der Waals surface area contributed by atoms with Gasteiger partial charge in [0.15, 0.2) is 0 Å². The van der Waals surface area contributed by atoms with Crippen molar-refractivity contribution in [2.75, 3.05) is 43.4 Å². The largest absolute Gasteiger partial charge is 0.355 e. The van der Waals surface area contributed by atoms with Gasteiger partial charge in [-0.2, -0.15) is 4.31 Å². The molecule has 1 aliphatic heterocycles. The number of nitrogens with zero attached hydrogens (tertiary/aromatic N) is 3. The molecule has 1 fully saturated rings. The predicted molar refractivity (Wildman–Crippen MR) is 114 cm³/mol. The molecule has 0 bridgehead atoms. The molecule has 0 spiro atoms. The van der Waals surface area contributed by atoms with Crippen molar-refractivity contribution >= 4 is 21.7 Å². The molecule has 1 saturated heterocycles. The van der Waals surface area contributed by atoms with Gasteiger partial charge in [0.1, 0.15) is 11.6 Å². The molecule has 1 aromatic heterocycles. The van der Waals surface area contributed by atoms with Crippen LogP contribution in [-0.2, 0) is 21.2 Å². The van der Waals surface area contributed by atoms with Gasteiger partial charge in [-0.3, -0.25) is 4.79 Å². The highest BCUT2D eigenvalue weighted by atomic mass is 32.2. The molecule has 0 aliphatic carbocycles. The number of carbonyl (C=O) groups is 1. The summed E-state index contributed by atoms with van der Waals surface area (Å²) in [6.07, 6.45) is 2.11. The molecule has 1 atom stereocenters. The van der Waals surface area contributed by atoms with Crippen molar-refractivity contribution in [3.05, 3.63) is 60.0 Å². The molecule has 2 heterocycles. The van der Waals surface area contributed by atoms with Gasteiger partial charge in [-0.15, -0.1) is 0 Å². The SMILES string of the molecule is CC(Cc1cccc(F)c1)C(=O)NCCS(=O)(=O)N1CCN(c2ccccn2)CC1. The molecule has 9 heteroatoms. The van der Waals surface area contributed by atoms with E-state index in [4.69, 9.17) is 0 Å². The van der Waals surface area contributed by atoms with Gasteiger partial charge in [0.25, 0.3) is 0 Å². The van der Waals surface area contributed by atoms with E-state index in [1.807, 2.05) is 18.2 Å². The minimum atomic E-state index is -3.45. The highest BCUT2D eigenvalue weighted by Crippen LogP contribution is 2.15. The first kappa shape index (κ1) is 22.2. The maximum atomic E-state index is 13.3. The summed E-state index contributed by atoms with van der Waals surface area (Å²) in [4.78, 5) is 18.6. The lowest BCUT2D eigenvalue weighted by Gasteiger charge is -2.34. The summed E-state index contributed by atoms with van der Waals surface area (Å²) >= 11 is 0. The number of aromatic nitrogens is 1. The minimum Gasteiger partial charge on any atom is -0.355 e. The number of hydrogen-bond donors (Lipinski definition) is 1. The standard InChI is InChI=1S/C21H27FN4O3S/c1-17(15-18-5-4-6-19(22)16-18)21(27)24-9-14-30(28,29)26-12-10-25(11-13-26)20-7-2-3-8-23-20/h2-8,16-17H,9-15H2,1H3,(H,24,27). The normalized spacial score (nSPS) is 16.3. The van der Waals surface area contributed by atoms with Crippen LogP contribution in [0.15, 0.2) is 48.7 Å². The predicted octanol–water partition coefficient (Wildman–Crippen LogP) is 1.67.